The molecule has 0 heterocycles. The van der Waals surface area contributed by atoms with Crippen molar-refractivity contribution in [3.05, 3.63) is 53.6 Å². The van der Waals surface area contributed by atoms with Gasteiger partial charge in [-0.15, -0.1) is 24.0 Å². The topological polar surface area (TPSA) is 64.1 Å². The Bertz CT molecular complexity index is 823. The Kier molecular flexibility index (Phi) is 10.1. The van der Waals surface area contributed by atoms with Crippen molar-refractivity contribution in [2.45, 2.75) is 44.9 Å². The molecular formula is C23H32IN3O3. The smallest absolute Gasteiger partial charge is 0.191 e. The lowest BCUT2D eigenvalue weighted by molar-refractivity contribution is 0.198. The summed E-state index contributed by atoms with van der Waals surface area (Å²) in [4.78, 5) is 4.33. The number of halogens is 1. The molecule has 164 valence electrons. The van der Waals surface area contributed by atoms with Crippen molar-refractivity contribution in [2.75, 3.05) is 21.3 Å². The van der Waals surface area contributed by atoms with E-state index in [0.717, 1.165) is 41.2 Å². The quantitative estimate of drug-likeness (QED) is 0.302. The molecule has 0 atom stereocenters. The fraction of sp³-hybridized carbons (Fsp3) is 0.435. The highest BCUT2D eigenvalue weighted by molar-refractivity contribution is 14.0. The van der Waals surface area contributed by atoms with E-state index in [1.165, 1.54) is 12.8 Å². The van der Waals surface area contributed by atoms with Crippen molar-refractivity contribution in [3.8, 4) is 17.2 Å². The number of rotatable bonds is 8. The number of para-hydroxylation sites is 2. The van der Waals surface area contributed by atoms with Crippen LogP contribution in [-0.2, 0) is 13.1 Å². The van der Waals surface area contributed by atoms with Crippen molar-refractivity contribution in [2.24, 2.45) is 4.99 Å². The highest BCUT2D eigenvalue weighted by atomic mass is 127. The molecular weight excluding hydrogens is 493 g/mol. The Labute approximate surface area is 196 Å². The molecule has 3 rings (SSSR count). The molecule has 1 aliphatic rings. The van der Waals surface area contributed by atoms with Gasteiger partial charge in [0, 0.05) is 31.3 Å². The number of hydrogen-bond acceptors (Lipinski definition) is 4. The first-order chi connectivity index (χ1) is 14.2. The predicted octanol–water partition coefficient (Wildman–Crippen LogP) is 4.51. The van der Waals surface area contributed by atoms with Gasteiger partial charge in [0.1, 0.15) is 5.75 Å². The second-order valence-corrected chi connectivity index (χ2v) is 7.06. The largest absolute Gasteiger partial charge is 0.496 e. The molecule has 1 fully saturated rings. The lowest BCUT2D eigenvalue weighted by Gasteiger charge is -2.20. The maximum Gasteiger partial charge on any atom is 0.191 e. The van der Waals surface area contributed by atoms with Gasteiger partial charge in [-0.2, -0.15) is 0 Å². The summed E-state index contributed by atoms with van der Waals surface area (Å²) >= 11 is 0. The van der Waals surface area contributed by atoms with Crippen molar-refractivity contribution >= 4 is 29.9 Å². The fourth-order valence-corrected chi connectivity index (χ4v) is 3.60. The Hall–Kier alpha value is -2.16. The van der Waals surface area contributed by atoms with Gasteiger partial charge in [-0.1, -0.05) is 30.3 Å². The SMILES string of the molecule is CN=C(NCc1ccccc1OC)NCc1cccc(OC)c1OC1CCCC1.I. The molecule has 2 aromatic carbocycles. The van der Waals surface area contributed by atoms with Crippen molar-refractivity contribution < 1.29 is 14.2 Å². The van der Waals surface area contributed by atoms with Gasteiger partial charge < -0.3 is 24.8 Å². The van der Waals surface area contributed by atoms with Crippen molar-refractivity contribution in [3.63, 3.8) is 0 Å². The van der Waals surface area contributed by atoms with Crippen LogP contribution in [0.4, 0.5) is 0 Å². The van der Waals surface area contributed by atoms with Crippen LogP contribution in [-0.4, -0.2) is 33.3 Å². The van der Waals surface area contributed by atoms with Crippen LogP contribution in [0.15, 0.2) is 47.5 Å². The van der Waals surface area contributed by atoms with Crippen LogP contribution < -0.4 is 24.8 Å². The van der Waals surface area contributed by atoms with E-state index in [4.69, 9.17) is 14.2 Å². The number of hydrogen-bond donors (Lipinski definition) is 2. The van der Waals surface area contributed by atoms with Crippen molar-refractivity contribution in [1.29, 1.82) is 0 Å². The van der Waals surface area contributed by atoms with Gasteiger partial charge in [-0.05, 0) is 37.8 Å². The molecule has 0 aliphatic heterocycles. The summed E-state index contributed by atoms with van der Waals surface area (Å²) in [5, 5.41) is 6.71. The molecule has 2 N–H and O–H groups in total. The summed E-state index contributed by atoms with van der Waals surface area (Å²) in [5.74, 6) is 3.17. The zero-order chi connectivity index (χ0) is 20.5. The minimum Gasteiger partial charge on any atom is -0.496 e. The standard InChI is InChI=1S/C23H31N3O3.HI/c1-24-23(25-15-17-9-4-7-13-20(17)27-2)26-16-18-10-8-14-21(28-3)22(18)29-19-11-5-6-12-19;/h4,7-10,13-14,19H,5-6,11-12,15-16H2,1-3H3,(H2,24,25,26);1H. The average Bonchev–Trinajstić information content (AvgIpc) is 3.28. The van der Waals surface area contributed by atoms with Crippen LogP contribution in [0, 0.1) is 0 Å². The summed E-state index contributed by atoms with van der Waals surface area (Å²) in [6, 6.07) is 14.0. The van der Waals surface area contributed by atoms with Gasteiger partial charge in [0.25, 0.3) is 0 Å². The number of methoxy groups -OCH3 is 2. The monoisotopic (exact) mass is 525 g/mol. The van der Waals surface area contributed by atoms with E-state index in [0.29, 0.717) is 19.0 Å². The molecule has 1 saturated carbocycles. The molecule has 1 aliphatic carbocycles. The van der Waals surface area contributed by atoms with Crippen LogP contribution in [0.3, 0.4) is 0 Å². The van der Waals surface area contributed by atoms with Gasteiger partial charge in [0.05, 0.1) is 20.3 Å². The number of nitrogens with zero attached hydrogens (tertiary/aromatic N) is 1. The molecule has 7 heteroatoms. The third kappa shape index (κ3) is 6.42. The molecule has 0 bridgehead atoms. The summed E-state index contributed by atoms with van der Waals surface area (Å²) < 4.78 is 17.3. The minimum atomic E-state index is 0. The number of benzene rings is 2. The Balaban J connectivity index is 0.00000320. The van der Waals surface area contributed by atoms with E-state index in [2.05, 4.69) is 21.7 Å². The lowest BCUT2D eigenvalue weighted by Crippen LogP contribution is -2.36. The summed E-state index contributed by atoms with van der Waals surface area (Å²) in [6.07, 6.45) is 4.94. The van der Waals surface area contributed by atoms with E-state index in [-0.39, 0.29) is 30.1 Å². The van der Waals surface area contributed by atoms with Crippen molar-refractivity contribution in [1.82, 2.24) is 10.6 Å². The summed E-state index contributed by atoms with van der Waals surface area (Å²) in [7, 11) is 5.13. The van der Waals surface area contributed by atoms with E-state index in [1.54, 1.807) is 21.3 Å². The molecule has 0 amide bonds. The fourth-order valence-electron chi connectivity index (χ4n) is 3.60. The van der Waals surface area contributed by atoms with Gasteiger partial charge in [0.15, 0.2) is 17.5 Å². The zero-order valence-electron chi connectivity index (χ0n) is 17.9. The van der Waals surface area contributed by atoms with Gasteiger partial charge in [-0.3, -0.25) is 4.99 Å². The van der Waals surface area contributed by atoms with Crippen LogP contribution in [0.1, 0.15) is 36.8 Å². The van der Waals surface area contributed by atoms with Crippen LogP contribution in [0.5, 0.6) is 17.2 Å². The lowest BCUT2D eigenvalue weighted by atomic mass is 10.1. The first kappa shape index (κ1) is 24.1. The number of guanidine groups is 1. The Morgan fingerprint density at radius 3 is 2.17 bits per heavy atom. The number of ether oxygens (including phenoxy) is 3. The van der Waals surface area contributed by atoms with Gasteiger partial charge in [-0.25, -0.2) is 0 Å². The molecule has 0 aromatic heterocycles. The summed E-state index contributed by atoms with van der Waals surface area (Å²) in [6.45, 7) is 1.21. The van der Waals surface area contributed by atoms with Crippen LogP contribution >= 0.6 is 24.0 Å². The third-order valence-corrected chi connectivity index (χ3v) is 5.18. The van der Waals surface area contributed by atoms with Gasteiger partial charge in [0.2, 0.25) is 0 Å². The van der Waals surface area contributed by atoms with E-state index in [1.807, 2.05) is 36.4 Å². The molecule has 0 unspecified atom stereocenters. The average molecular weight is 525 g/mol. The molecule has 0 radical (unpaired) electrons. The van der Waals surface area contributed by atoms with Crippen LogP contribution in [0.25, 0.3) is 0 Å². The molecule has 0 spiro atoms. The van der Waals surface area contributed by atoms with E-state index >= 15 is 0 Å². The molecule has 2 aromatic rings. The predicted molar refractivity (Wildman–Crippen MR) is 131 cm³/mol. The van der Waals surface area contributed by atoms with E-state index in [9.17, 15) is 0 Å². The summed E-state index contributed by atoms with van der Waals surface area (Å²) in [5.41, 5.74) is 2.13. The second-order valence-electron chi connectivity index (χ2n) is 7.06. The maximum atomic E-state index is 6.31. The minimum absolute atomic E-state index is 0. The van der Waals surface area contributed by atoms with Gasteiger partial charge >= 0.3 is 0 Å². The Morgan fingerprint density at radius 2 is 1.50 bits per heavy atom. The molecule has 6 nitrogen and oxygen atoms in total. The normalized spacial score (nSPS) is 14.0. The molecule has 0 saturated heterocycles. The zero-order valence-corrected chi connectivity index (χ0v) is 20.3. The number of nitrogens with one attached hydrogen (secondary N) is 2. The van der Waals surface area contributed by atoms with E-state index < -0.39 is 0 Å². The molecule has 30 heavy (non-hydrogen) atoms. The number of aliphatic imine (C=N–C) groups is 1. The maximum absolute atomic E-state index is 6.31. The highest BCUT2D eigenvalue weighted by Crippen LogP contribution is 2.34. The second kappa shape index (κ2) is 12.5. The first-order valence-electron chi connectivity index (χ1n) is 10.1. The third-order valence-electron chi connectivity index (χ3n) is 5.18. The Morgan fingerprint density at radius 1 is 0.900 bits per heavy atom. The highest BCUT2D eigenvalue weighted by Gasteiger charge is 2.20. The van der Waals surface area contributed by atoms with Crippen LogP contribution in [0.2, 0.25) is 0 Å². The first-order valence-corrected chi connectivity index (χ1v) is 10.1.